The van der Waals surface area contributed by atoms with Crippen LogP contribution in [0.2, 0.25) is 0 Å². The molecule has 0 aromatic carbocycles. The van der Waals surface area contributed by atoms with Crippen LogP contribution < -0.4 is 10.9 Å². The molecule has 114 valence electrons. The molecule has 0 aliphatic heterocycles. The van der Waals surface area contributed by atoms with E-state index in [0.29, 0.717) is 17.0 Å². The second-order valence-electron chi connectivity index (χ2n) is 5.00. The lowest BCUT2D eigenvalue weighted by Gasteiger charge is -2.05. The van der Waals surface area contributed by atoms with Gasteiger partial charge in [0.05, 0.1) is 11.2 Å². The number of H-pyrrole nitrogens is 1. The van der Waals surface area contributed by atoms with E-state index >= 15 is 0 Å². The topological polar surface area (TPSA) is 88.5 Å². The van der Waals surface area contributed by atoms with Crippen molar-refractivity contribution in [2.24, 2.45) is 0 Å². The van der Waals surface area contributed by atoms with Crippen LogP contribution in [0.25, 0.3) is 16.7 Å². The number of hydrogen-bond donors (Lipinski definition) is 2. The normalized spacial score (nSPS) is 11.0. The summed E-state index contributed by atoms with van der Waals surface area (Å²) in [5.41, 5.74) is 2.70. The van der Waals surface area contributed by atoms with Crippen LogP contribution in [-0.2, 0) is 0 Å². The number of nitrogens with one attached hydrogen (secondary N) is 2. The zero-order valence-electron chi connectivity index (χ0n) is 12.1. The van der Waals surface area contributed by atoms with Crippen LogP contribution in [0.3, 0.4) is 0 Å². The molecule has 2 N–H and O–H groups in total. The molecular weight excluding hydrogens is 312 g/mol. The van der Waals surface area contributed by atoms with Crippen molar-refractivity contribution in [3.63, 3.8) is 0 Å². The Bertz CT molecular complexity index is 1030. The van der Waals surface area contributed by atoms with Crippen molar-refractivity contribution < 1.29 is 0 Å². The molecule has 0 saturated heterocycles. The Kier molecular flexibility index (Phi) is 3.16. The highest BCUT2D eigenvalue weighted by Crippen LogP contribution is 2.21. The average Bonchev–Trinajstić information content (AvgIpc) is 3.15. The van der Waals surface area contributed by atoms with Gasteiger partial charge in [0, 0.05) is 24.3 Å². The van der Waals surface area contributed by atoms with E-state index in [1.165, 1.54) is 11.5 Å². The van der Waals surface area contributed by atoms with E-state index in [0.717, 1.165) is 16.4 Å². The molecule has 4 rings (SSSR count). The molecule has 4 aromatic heterocycles. The van der Waals surface area contributed by atoms with Gasteiger partial charge >= 0.3 is 0 Å². The average molecular weight is 324 g/mol. The molecule has 4 heterocycles. The molecule has 0 unspecified atom stereocenters. The summed E-state index contributed by atoms with van der Waals surface area (Å²) in [4.78, 5) is 23.7. The monoisotopic (exact) mass is 324 g/mol. The highest BCUT2D eigenvalue weighted by atomic mass is 32.1. The number of aromatic nitrogens is 5. The Labute approximate surface area is 134 Å². The molecule has 23 heavy (non-hydrogen) atoms. The molecule has 0 bridgehead atoms. The van der Waals surface area contributed by atoms with Crippen molar-refractivity contribution in [3.05, 3.63) is 58.9 Å². The van der Waals surface area contributed by atoms with Gasteiger partial charge in [-0.05, 0) is 42.7 Å². The Balaban J connectivity index is 1.79. The van der Waals surface area contributed by atoms with Crippen LogP contribution in [0.5, 0.6) is 0 Å². The van der Waals surface area contributed by atoms with E-state index in [-0.39, 0.29) is 5.56 Å². The third-order valence-electron chi connectivity index (χ3n) is 3.35. The van der Waals surface area contributed by atoms with Gasteiger partial charge in [0.1, 0.15) is 10.5 Å². The van der Waals surface area contributed by atoms with Crippen LogP contribution >= 0.6 is 11.5 Å². The molecule has 0 saturated carbocycles. The first kappa shape index (κ1) is 13.6. The van der Waals surface area contributed by atoms with E-state index in [4.69, 9.17) is 0 Å². The van der Waals surface area contributed by atoms with Crippen LogP contribution in [0.4, 0.5) is 10.9 Å². The van der Waals surface area contributed by atoms with E-state index in [1.54, 1.807) is 17.0 Å². The first-order chi connectivity index (χ1) is 11.2. The molecule has 4 aromatic rings. The second kappa shape index (κ2) is 5.33. The molecule has 0 aliphatic rings. The van der Waals surface area contributed by atoms with Gasteiger partial charge in [0.2, 0.25) is 5.95 Å². The van der Waals surface area contributed by atoms with Gasteiger partial charge in [-0.3, -0.25) is 14.8 Å². The molecule has 0 spiro atoms. The first-order valence-electron chi connectivity index (χ1n) is 6.93. The van der Waals surface area contributed by atoms with Crippen molar-refractivity contribution in [1.82, 2.24) is 23.9 Å². The van der Waals surface area contributed by atoms with Gasteiger partial charge in [-0.25, -0.2) is 4.98 Å². The number of aromatic amines is 1. The zero-order valence-corrected chi connectivity index (χ0v) is 13.0. The quantitative estimate of drug-likeness (QED) is 0.605. The van der Waals surface area contributed by atoms with Crippen molar-refractivity contribution in [1.29, 1.82) is 0 Å². The van der Waals surface area contributed by atoms with Gasteiger partial charge in [0.15, 0.2) is 0 Å². The number of rotatable bonds is 3. The third kappa shape index (κ3) is 2.49. The minimum Gasteiger partial charge on any atom is -0.316 e. The van der Waals surface area contributed by atoms with Crippen LogP contribution in [-0.4, -0.2) is 23.9 Å². The van der Waals surface area contributed by atoms with Crippen LogP contribution in [0, 0.1) is 6.92 Å². The summed E-state index contributed by atoms with van der Waals surface area (Å²) in [6.45, 7) is 1.91. The lowest BCUT2D eigenvalue weighted by atomic mass is 10.4. The Morgan fingerprint density at radius 1 is 1.26 bits per heavy atom. The van der Waals surface area contributed by atoms with Gasteiger partial charge in [-0.15, -0.1) is 0 Å². The van der Waals surface area contributed by atoms with Crippen LogP contribution in [0.1, 0.15) is 5.69 Å². The van der Waals surface area contributed by atoms with Crippen molar-refractivity contribution in [2.45, 2.75) is 6.92 Å². The molecule has 0 fully saturated rings. The number of hydrogen-bond acceptors (Lipinski definition) is 6. The van der Waals surface area contributed by atoms with Crippen molar-refractivity contribution in [2.75, 3.05) is 5.32 Å². The Morgan fingerprint density at radius 3 is 2.83 bits per heavy atom. The smallest absolute Gasteiger partial charge is 0.277 e. The fraction of sp³-hybridized carbons (Fsp3) is 0.0667. The SMILES string of the molecule is Cc1cc(Nc2nc3ccn(-c4ccncc4)c3c(=O)[nH]2)sn1. The van der Waals surface area contributed by atoms with E-state index in [1.807, 2.05) is 37.4 Å². The lowest BCUT2D eigenvalue weighted by Crippen LogP contribution is -2.13. The molecule has 0 amide bonds. The Morgan fingerprint density at radius 2 is 2.09 bits per heavy atom. The van der Waals surface area contributed by atoms with E-state index in [9.17, 15) is 4.79 Å². The predicted octanol–water partition coefficient (Wildman–Crippen LogP) is 2.62. The standard InChI is InChI=1S/C15H12N6OS/c1-9-8-12(23-20-9)18-15-17-11-4-7-21(13(11)14(22)19-15)10-2-5-16-6-3-10/h2-8H,1H3,(H2,17,18,19,22). The maximum atomic E-state index is 12.5. The number of aryl methyl sites for hydroxylation is 1. The van der Waals surface area contributed by atoms with Crippen LogP contribution in [0.15, 0.2) is 47.7 Å². The van der Waals surface area contributed by atoms with Crippen molar-refractivity contribution >= 4 is 33.5 Å². The number of fused-ring (bicyclic) bond motifs is 1. The molecule has 0 atom stereocenters. The second-order valence-corrected chi connectivity index (χ2v) is 5.80. The largest absolute Gasteiger partial charge is 0.316 e. The summed E-state index contributed by atoms with van der Waals surface area (Å²) in [5, 5.41) is 3.91. The summed E-state index contributed by atoms with van der Waals surface area (Å²) in [7, 11) is 0. The predicted molar refractivity (Wildman–Crippen MR) is 89.6 cm³/mol. The van der Waals surface area contributed by atoms with Gasteiger partial charge in [-0.2, -0.15) is 4.37 Å². The van der Waals surface area contributed by atoms with Gasteiger partial charge < -0.3 is 9.88 Å². The number of pyridine rings is 1. The first-order valence-corrected chi connectivity index (χ1v) is 7.70. The zero-order chi connectivity index (χ0) is 15.8. The van der Waals surface area contributed by atoms with E-state index < -0.39 is 0 Å². The van der Waals surface area contributed by atoms with Crippen molar-refractivity contribution in [3.8, 4) is 5.69 Å². The minimum atomic E-state index is -0.208. The summed E-state index contributed by atoms with van der Waals surface area (Å²) >= 11 is 1.32. The Hall–Kier alpha value is -3.00. The highest BCUT2D eigenvalue weighted by Gasteiger charge is 2.11. The maximum absolute atomic E-state index is 12.5. The summed E-state index contributed by atoms with van der Waals surface area (Å²) in [5.74, 6) is 0.402. The molecular formula is C15H12N6OS. The number of anilines is 2. The fourth-order valence-electron chi connectivity index (χ4n) is 2.37. The molecule has 7 nitrogen and oxygen atoms in total. The maximum Gasteiger partial charge on any atom is 0.277 e. The lowest BCUT2D eigenvalue weighted by molar-refractivity contribution is 1.08. The van der Waals surface area contributed by atoms with Gasteiger partial charge in [0.25, 0.3) is 5.56 Å². The highest BCUT2D eigenvalue weighted by molar-refractivity contribution is 7.10. The summed E-state index contributed by atoms with van der Waals surface area (Å²) in [6, 6.07) is 7.39. The fourth-order valence-corrected chi connectivity index (χ4v) is 3.03. The molecule has 0 radical (unpaired) electrons. The molecule has 8 heteroatoms. The number of nitrogens with zero attached hydrogens (tertiary/aromatic N) is 4. The minimum absolute atomic E-state index is 0.208. The third-order valence-corrected chi connectivity index (χ3v) is 4.15. The summed E-state index contributed by atoms with van der Waals surface area (Å²) < 4.78 is 5.99. The summed E-state index contributed by atoms with van der Waals surface area (Å²) in [6.07, 6.45) is 5.19. The molecule has 0 aliphatic carbocycles. The van der Waals surface area contributed by atoms with E-state index in [2.05, 4.69) is 24.6 Å². The van der Waals surface area contributed by atoms with Gasteiger partial charge in [-0.1, -0.05) is 0 Å².